The Labute approximate surface area is 117 Å². The van der Waals surface area contributed by atoms with Gasteiger partial charge in [-0.15, -0.1) is 0 Å². The number of hydrogen-bond acceptors (Lipinski definition) is 3. The van der Waals surface area contributed by atoms with Gasteiger partial charge in [-0.25, -0.2) is 0 Å². The van der Waals surface area contributed by atoms with Gasteiger partial charge in [0.2, 0.25) is 0 Å². The fraction of sp³-hybridized carbons (Fsp3) is 0.625. The van der Waals surface area contributed by atoms with E-state index in [2.05, 4.69) is 61.7 Å². The molecule has 2 rings (SSSR count). The van der Waals surface area contributed by atoms with Crippen LogP contribution in [0, 0.1) is 6.92 Å². The molecule has 0 bridgehead atoms. The zero-order chi connectivity index (χ0) is 13.8. The molecule has 0 spiro atoms. The van der Waals surface area contributed by atoms with Crippen molar-refractivity contribution in [3.8, 4) is 0 Å². The molecule has 2 N–H and O–H groups in total. The Morgan fingerprint density at radius 2 is 2.21 bits per heavy atom. The van der Waals surface area contributed by atoms with Crippen LogP contribution in [0.4, 0.5) is 11.4 Å². The molecular formula is C16H27N3. The number of nitrogens with one attached hydrogen (secondary N) is 2. The van der Waals surface area contributed by atoms with Crippen molar-refractivity contribution in [3.05, 3.63) is 23.8 Å². The highest BCUT2D eigenvalue weighted by atomic mass is 15.1. The Balaban J connectivity index is 1.96. The first-order valence-electron chi connectivity index (χ1n) is 7.34. The lowest BCUT2D eigenvalue weighted by atomic mass is 10.1. The number of benzene rings is 1. The smallest absolute Gasteiger partial charge is 0.0411 e. The topological polar surface area (TPSA) is 27.3 Å². The minimum atomic E-state index is 0.508. The first-order valence-corrected chi connectivity index (χ1v) is 7.34. The molecule has 106 valence electrons. The van der Waals surface area contributed by atoms with E-state index in [-0.39, 0.29) is 0 Å². The summed E-state index contributed by atoms with van der Waals surface area (Å²) in [5, 5.41) is 7.19. The summed E-state index contributed by atoms with van der Waals surface area (Å²) < 4.78 is 0. The van der Waals surface area contributed by atoms with Crippen LogP contribution in [-0.4, -0.2) is 32.7 Å². The maximum atomic E-state index is 3.62. The third-order valence-corrected chi connectivity index (χ3v) is 3.90. The molecule has 3 nitrogen and oxygen atoms in total. The molecule has 0 radical (unpaired) electrons. The van der Waals surface area contributed by atoms with Gasteiger partial charge in [0.15, 0.2) is 0 Å². The Morgan fingerprint density at radius 3 is 2.84 bits per heavy atom. The van der Waals surface area contributed by atoms with Gasteiger partial charge in [-0.1, -0.05) is 6.07 Å². The van der Waals surface area contributed by atoms with Gasteiger partial charge in [0, 0.05) is 37.6 Å². The van der Waals surface area contributed by atoms with Gasteiger partial charge >= 0.3 is 0 Å². The summed E-state index contributed by atoms with van der Waals surface area (Å²) in [4.78, 5) is 2.17. The molecule has 1 heterocycles. The van der Waals surface area contributed by atoms with E-state index in [0.717, 1.165) is 0 Å². The van der Waals surface area contributed by atoms with Gasteiger partial charge in [-0.05, 0) is 57.4 Å². The SMILES string of the molecule is Cc1ccc(NC(C)CC2CCCN2)cc1N(C)C. The fourth-order valence-electron chi connectivity index (χ4n) is 2.91. The molecule has 0 saturated carbocycles. The van der Waals surface area contributed by atoms with Crippen molar-refractivity contribution in [2.45, 2.75) is 45.2 Å². The lowest BCUT2D eigenvalue weighted by molar-refractivity contribution is 0.523. The molecule has 0 aliphatic carbocycles. The summed E-state index contributed by atoms with van der Waals surface area (Å²) >= 11 is 0. The molecule has 1 aromatic rings. The highest BCUT2D eigenvalue weighted by Gasteiger charge is 2.17. The van der Waals surface area contributed by atoms with Crippen molar-refractivity contribution in [3.63, 3.8) is 0 Å². The van der Waals surface area contributed by atoms with E-state index in [1.807, 2.05) is 0 Å². The monoisotopic (exact) mass is 261 g/mol. The van der Waals surface area contributed by atoms with Crippen molar-refractivity contribution in [2.75, 3.05) is 30.9 Å². The van der Waals surface area contributed by atoms with Crippen molar-refractivity contribution >= 4 is 11.4 Å². The summed E-state index contributed by atoms with van der Waals surface area (Å²) in [6.07, 6.45) is 3.85. The standard InChI is InChI=1S/C16H27N3/c1-12-7-8-15(11-16(12)19(3)4)18-13(2)10-14-6-5-9-17-14/h7-8,11,13-14,17-18H,5-6,9-10H2,1-4H3. The molecule has 1 saturated heterocycles. The zero-order valence-corrected chi connectivity index (χ0v) is 12.7. The molecule has 0 amide bonds. The summed E-state index contributed by atoms with van der Waals surface area (Å²) in [6, 6.07) is 7.82. The van der Waals surface area contributed by atoms with Gasteiger partial charge < -0.3 is 15.5 Å². The lowest BCUT2D eigenvalue weighted by Gasteiger charge is -2.22. The molecule has 1 aliphatic heterocycles. The van der Waals surface area contributed by atoms with E-state index in [1.54, 1.807) is 0 Å². The summed E-state index contributed by atoms with van der Waals surface area (Å²) in [5.74, 6) is 0. The third-order valence-electron chi connectivity index (χ3n) is 3.90. The molecule has 1 aliphatic rings. The lowest BCUT2D eigenvalue weighted by Crippen LogP contribution is -2.29. The molecule has 1 aromatic carbocycles. The van der Waals surface area contributed by atoms with Crippen molar-refractivity contribution in [1.82, 2.24) is 5.32 Å². The first-order chi connectivity index (χ1) is 9.06. The van der Waals surface area contributed by atoms with Crippen molar-refractivity contribution < 1.29 is 0 Å². The van der Waals surface area contributed by atoms with Crippen LogP contribution in [0.25, 0.3) is 0 Å². The molecule has 2 unspecified atom stereocenters. The van der Waals surface area contributed by atoms with E-state index < -0.39 is 0 Å². The van der Waals surface area contributed by atoms with E-state index in [1.165, 1.54) is 42.7 Å². The largest absolute Gasteiger partial charge is 0.382 e. The maximum absolute atomic E-state index is 3.62. The number of rotatable bonds is 5. The van der Waals surface area contributed by atoms with Crippen LogP contribution in [-0.2, 0) is 0 Å². The second kappa shape index (κ2) is 6.29. The van der Waals surface area contributed by atoms with Crippen LogP contribution in [0.5, 0.6) is 0 Å². The molecule has 3 heteroatoms. The van der Waals surface area contributed by atoms with Crippen LogP contribution >= 0.6 is 0 Å². The van der Waals surface area contributed by atoms with E-state index in [4.69, 9.17) is 0 Å². The van der Waals surface area contributed by atoms with Crippen LogP contribution in [0.2, 0.25) is 0 Å². The predicted octanol–water partition coefficient (Wildman–Crippen LogP) is 3.00. The number of anilines is 2. The molecule has 0 aromatic heterocycles. The normalized spacial score (nSPS) is 20.3. The molecule has 2 atom stereocenters. The minimum Gasteiger partial charge on any atom is -0.382 e. The Bertz CT molecular complexity index is 408. The van der Waals surface area contributed by atoms with Gasteiger partial charge in [-0.3, -0.25) is 0 Å². The summed E-state index contributed by atoms with van der Waals surface area (Å²) in [5.41, 5.74) is 3.83. The predicted molar refractivity (Wildman–Crippen MR) is 84.2 cm³/mol. The van der Waals surface area contributed by atoms with Crippen molar-refractivity contribution in [1.29, 1.82) is 0 Å². The number of hydrogen-bond donors (Lipinski definition) is 2. The highest BCUT2D eigenvalue weighted by Crippen LogP contribution is 2.23. The number of nitrogens with zero attached hydrogens (tertiary/aromatic N) is 1. The Hall–Kier alpha value is -1.22. The average Bonchev–Trinajstić information content (AvgIpc) is 2.84. The molecule has 19 heavy (non-hydrogen) atoms. The van der Waals surface area contributed by atoms with Gasteiger partial charge in [0.05, 0.1) is 0 Å². The van der Waals surface area contributed by atoms with Crippen LogP contribution in [0.15, 0.2) is 18.2 Å². The highest BCUT2D eigenvalue weighted by molar-refractivity contribution is 5.62. The zero-order valence-electron chi connectivity index (χ0n) is 12.7. The van der Waals surface area contributed by atoms with Crippen LogP contribution < -0.4 is 15.5 Å². The van der Waals surface area contributed by atoms with E-state index in [9.17, 15) is 0 Å². The van der Waals surface area contributed by atoms with Gasteiger partial charge in [0.1, 0.15) is 0 Å². The number of aryl methyl sites for hydroxylation is 1. The van der Waals surface area contributed by atoms with E-state index >= 15 is 0 Å². The molecular weight excluding hydrogens is 234 g/mol. The Morgan fingerprint density at radius 1 is 1.42 bits per heavy atom. The van der Waals surface area contributed by atoms with Crippen LogP contribution in [0.1, 0.15) is 31.7 Å². The Kier molecular flexibility index (Phi) is 4.70. The minimum absolute atomic E-state index is 0.508. The second-order valence-corrected chi connectivity index (χ2v) is 5.97. The van der Waals surface area contributed by atoms with Gasteiger partial charge in [0.25, 0.3) is 0 Å². The van der Waals surface area contributed by atoms with Crippen LogP contribution in [0.3, 0.4) is 0 Å². The fourth-order valence-corrected chi connectivity index (χ4v) is 2.91. The average molecular weight is 261 g/mol. The first kappa shape index (κ1) is 14.2. The summed E-state index contributed by atoms with van der Waals surface area (Å²) in [6.45, 7) is 5.62. The maximum Gasteiger partial charge on any atom is 0.0411 e. The second-order valence-electron chi connectivity index (χ2n) is 5.97. The quantitative estimate of drug-likeness (QED) is 0.853. The third kappa shape index (κ3) is 3.87. The van der Waals surface area contributed by atoms with Crippen molar-refractivity contribution in [2.24, 2.45) is 0 Å². The summed E-state index contributed by atoms with van der Waals surface area (Å²) in [7, 11) is 4.19. The van der Waals surface area contributed by atoms with E-state index in [0.29, 0.717) is 12.1 Å². The van der Waals surface area contributed by atoms with Gasteiger partial charge in [-0.2, -0.15) is 0 Å². The molecule has 1 fully saturated rings.